The van der Waals surface area contributed by atoms with Gasteiger partial charge >= 0.3 is 5.97 Å². The molecule has 1 saturated heterocycles. The van der Waals surface area contributed by atoms with Crippen molar-refractivity contribution >= 4 is 47.8 Å². The van der Waals surface area contributed by atoms with Crippen molar-refractivity contribution in [1.82, 2.24) is 30.1 Å². The van der Waals surface area contributed by atoms with E-state index in [1.165, 1.54) is 28.2 Å². The third kappa shape index (κ3) is 4.24. The summed E-state index contributed by atoms with van der Waals surface area (Å²) < 4.78 is 6.40. The van der Waals surface area contributed by atoms with Crippen LogP contribution in [0.3, 0.4) is 0 Å². The van der Waals surface area contributed by atoms with Gasteiger partial charge in [-0.15, -0.1) is 16.9 Å². The molecule has 2 aliphatic rings. The molecule has 1 aromatic heterocycles. The van der Waals surface area contributed by atoms with Crippen molar-refractivity contribution in [3.8, 4) is 0 Å². The number of tetrazole rings is 1. The van der Waals surface area contributed by atoms with Crippen LogP contribution >= 0.6 is 23.5 Å². The number of carboxylic acid groups (broad SMARTS) is 1. The first-order valence-corrected chi connectivity index (χ1v) is 11.9. The smallest absolute Gasteiger partial charge is 0.352 e. The molecule has 2 aliphatic heterocycles. The maximum Gasteiger partial charge on any atom is 0.352 e. The molecule has 0 radical (unpaired) electrons. The first-order valence-electron chi connectivity index (χ1n) is 9.82. The zero-order valence-corrected chi connectivity index (χ0v) is 19.3. The van der Waals surface area contributed by atoms with E-state index in [2.05, 4.69) is 15.5 Å². The highest BCUT2D eigenvalue weighted by atomic mass is 32.2. The zero-order valence-electron chi connectivity index (χ0n) is 17.7. The molecular formula is C19H19N7O6S2. The molecule has 1 fully saturated rings. The molecule has 13 nitrogen and oxygen atoms in total. The highest BCUT2D eigenvalue weighted by molar-refractivity contribution is 8.01. The largest absolute Gasteiger partial charge is 0.477 e. The number of β-lactam (4-membered cyclic amide) rings is 1. The molecule has 178 valence electrons. The Balaban J connectivity index is 1.53. The van der Waals surface area contributed by atoms with Crippen molar-refractivity contribution in [1.29, 1.82) is 0 Å². The summed E-state index contributed by atoms with van der Waals surface area (Å²) in [6.07, 6.45) is -1.33. The number of aromatic nitrogens is 4. The maximum atomic E-state index is 13.0. The molecule has 0 aliphatic carbocycles. The predicted molar refractivity (Wildman–Crippen MR) is 118 cm³/mol. The molecule has 4 rings (SSSR count). The number of carboxylic acids is 1. The number of ether oxygens (including phenoxy) is 1. The number of fused-ring (bicyclic) bond motifs is 1. The first kappa shape index (κ1) is 23.7. The van der Waals surface area contributed by atoms with Crippen molar-refractivity contribution < 1.29 is 29.0 Å². The van der Waals surface area contributed by atoms with Crippen LogP contribution in [0.15, 0.2) is 46.8 Å². The van der Waals surface area contributed by atoms with Gasteiger partial charge in [-0.3, -0.25) is 24.3 Å². The number of aryl methyl sites for hydroxylation is 1. The van der Waals surface area contributed by atoms with Crippen LogP contribution in [0.4, 0.5) is 0 Å². The van der Waals surface area contributed by atoms with E-state index >= 15 is 0 Å². The van der Waals surface area contributed by atoms with E-state index < -0.39 is 35.3 Å². The van der Waals surface area contributed by atoms with Gasteiger partial charge in [0.25, 0.3) is 18.3 Å². The SMILES string of the molecule is Cn1nnnc1SCC1=C(C(=O)O)N2C(=O)C(N(N)C(=O)C(OC=O)c3ccccc3)[C@@H]2SC1. The van der Waals surface area contributed by atoms with Gasteiger partial charge in [-0.05, 0) is 16.0 Å². The molecule has 0 bridgehead atoms. The van der Waals surface area contributed by atoms with Crippen LogP contribution in [0, 0.1) is 0 Å². The van der Waals surface area contributed by atoms with Gasteiger partial charge in [-0.1, -0.05) is 42.1 Å². The fourth-order valence-corrected chi connectivity index (χ4v) is 6.02. The van der Waals surface area contributed by atoms with Gasteiger partial charge in [0.1, 0.15) is 11.1 Å². The summed E-state index contributed by atoms with van der Waals surface area (Å²) in [5.74, 6) is 3.90. The Morgan fingerprint density at radius 3 is 2.76 bits per heavy atom. The normalized spacial score (nSPS) is 20.3. The fraction of sp³-hybridized carbons (Fsp3) is 0.316. The minimum Gasteiger partial charge on any atom is -0.477 e. The molecule has 3 atom stereocenters. The second kappa shape index (κ2) is 9.82. The molecule has 1 aromatic carbocycles. The number of benzene rings is 1. The summed E-state index contributed by atoms with van der Waals surface area (Å²) in [6, 6.07) is 7.13. The van der Waals surface area contributed by atoms with Crippen molar-refractivity contribution in [2.75, 3.05) is 11.5 Å². The van der Waals surface area contributed by atoms with Crippen molar-refractivity contribution in [3.05, 3.63) is 47.2 Å². The quantitative estimate of drug-likeness (QED) is 0.112. The van der Waals surface area contributed by atoms with Gasteiger partial charge < -0.3 is 9.84 Å². The lowest BCUT2D eigenvalue weighted by molar-refractivity contribution is -0.166. The number of rotatable bonds is 9. The molecule has 0 spiro atoms. The molecule has 0 saturated carbocycles. The van der Waals surface area contributed by atoms with E-state index in [1.54, 1.807) is 37.4 Å². The number of amides is 2. The monoisotopic (exact) mass is 505 g/mol. The van der Waals surface area contributed by atoms with E-state index in [-0.39, 0.29) is 17.9 Å². The van der Waals surface area contributed by atoms with Gasteiger partial charge in [0.2, 0.25) is 11.3 Å². The summed E-state index contributed by atoms with van der Waals surface area (Å²) in [5, 5.41) is 21.5. The van der Waals surface area contributed by atoms with Gasteiger partial charge in [0.15, 0.2) is 6.04 Å². The Hall–Kier alpha value is -3.43. The van der Waals surface area contributed by atoms with Gasteiger partial charge in [-0.25, -0.2) is 15.3 Å². The van der Waals surface area contributed by atoms with Gasteiger partial charge in [0, 0.05) is 24.1 Å². The van der Waals surface area contributed by atoms with Gasteiger partial charge in [0.05, 0.1) is 0 Å². The molecule has 3 heterocycles. The predicted octanol–water partition coefficient (Wildman–Crippen LogP) is -0.459. The Morgan fingerprint density at radius 1 is 1.41 bits per heavy atom. The first-order chi connectivity index (χ1) is 16.3. The lowest BCUT2D eigenvalue weighted by atomic mass is 10.0. The number of thioether (sulfide) groups is 2. The number of carbonyl (C=O) groups is 4. The zero-order chi connectivity index (χ0) is 24.4. The van der Waals surface area contributed by atoms with Crippen molar-refractivity contribution in [2.45, 2.75) is 22.7 Å². The summed E-state index contributed by atoms with van der Waals surface area (Å²) in [4.78, 5) is 50.2. The van der Waals surface area contributed by atoms with E-state index in [0.717, 1.165) is 9.91 Å². The molecule has 3 N–H and O–H groups in total. The second-order valence-electron chi connectivity index (χ2n) is 7.25. The summed E-state index contributed by atoms with van der Waals surface area (Å²) in [7, 11) is 1.66. The Morgan fingerprint density at radius 2 is 2.15 bits per heavy atom. The Bertz CT molecular complexity index is 1160. The average molecular weight is 506 g/mol. The standard InChI is InChI=1S/C19H19N7O6S2/c1-24-19(21-22-23-24)34-8-11-7-33-17-13(15(28)25(17)12(11)18(30)31)26(20)16(29)14(32-9-27)10-5-3-2-4-6-10/h2-6,9,13-14,17H,7-8,20H2,1H3,(H,30,31)/t13?,14?,17-/m0/s1. The maximum absolute atomic E-state index is 13.0. The van der Waals surface area contributed by atoms with E-state index in [0.29, 0.717) is 22.0 Å². The molecule has 2 amide bonds. The highest BCUT2D eigenvalue weighted by Gasteiger charge is 2.57. The fourth-order valence-electron chi connectivity index (χ4n) is 3.63. The molecule has 15 heteroatoms. The van der Waals surface area contributed by atoms with Crippen molar-refractivity contribution in [3.63, 3.8) is 0 Å². The summed E-state index contributed by atoms with van der Waals surface area (Å²) in [6.45, 7) is 0.134. The van der Waals surface area contributed by atoms with E-state index in [9.17, 15) is 24.3 Å². The lowest BCUT2D eigenvalue weighted by Crippen LogP contribution is -2.73. The number of hydrazine groups is 1. The van der Waals surface area contributed by atoms with Crippen LogP contribution in [0.2, 0.25) is 0 Å². The van der Waals surface area contributed by atoms with Crippen molar-refractivity contribution in [2.24, 2.45) is 12.9 Å². The second-order valence-corrected chi connectivity index (χ2v) is 9.30. The van der Waals surface area contributed by atoms with Crippen LogP contribution in [0.25, 0.3) is 0 Å². The number of carbonyl (C=O) groups excluding carboxylic acids is 3. The Kier molecular flexibility index (Phi) is 6.85. The van der Waals surface area contributed by atoms with Gasteiger partial charge in [-0.2, -0.15) is 0 Å². The molecule has 2 aromatic rings. The summed E-state index contributed by atoms with van der Waals surface area (Å²) >= 11 is 2.53. The van der Waals surface area contributed by atoms with Crippen LogP contribution in [0.5, 0.6) is 0 Å². The number of nitrogens with two attached hydrogens (primary N) is 1. The van der Waals surface area contributed by atoms with Crippen LogP contribution in [-0.2, 0) is 31.0 Å². The third-order valence-corrected chi connectivity index (χ3v) is 7.67. The number of nitrogens with zero attached hydrogens (tertiary/aromatic N) is 6. The van der Waals surface area contributed by atoms with E-state index in [4.69, 9.17) is 10.6 Å². The van der Waals surface area contributed by atoms with Crippen LogP contribution in [-0.4, -0.2) is 82.4 Å². The molecule has 2 unspecified atom stereocenters. The third-order valence-electron chi connectivity index (χ3n) is 5.25. The molecule has 34 heavy (non-hydrogen) atoms. The highest BCUT2D eigenvalue weighted by Crippen LogP contribution is 2.43. The Labute approximate surface area is 201 Å². The number of hydrogen-bond acceptors (Lipinski definition) is 11. The van der Waals surface area contributed by atoms with Crippen LogP contribution < -0.4 is 5.84 Å². The number of hydrogen-bond donors (Lipinski definition) is 2. The van der Waals surface area contributed by atoms with E-state index in [1.807, 2.05) is 0 Å². The topological polar surface area (TPSA) is 174 Å². The summed E-state index contributed by atoms with van der Waals surface area (Å²) in [5.41, 5.74) is 0.769. The molecular weight excluding hydrogens is 486 g/mol. The average Bonchev–Trinajstić information content (AvgIpc) is 3.25. The lowest BCUT2D eigenvalue weighted by Gasteiger charge is -2.51. The minimum absolute atomic E-state index is 0.134. The minimum atomic E-state index is -1.33. The number of aliphatic carboxylic acids is 1. The van der Waals surface area contributed by atoms with Crippen LogP contribution in [0.1, 0.15) is 11.7 Å².